The first-order chi connectivity index (χ1) is 10.1. The van der Waals surface area contributed by atoms with Crippen molar-refractivity contribution in [2.45, 2.75) is 33.2 Å². The van der Waals surface area contributed by atoms with Crippen molar-refractivity contribution in [2.24, 2.45) is 0 Å². The van der Waals surface area contributed by atoms with Crippen LogP contribution in [0, 0.1) is 0 Å². The molecule has 0 saturated carbocycles. The van der Waals surface area contributed by atoms with Crippen molar-refractivity contribution < 1.29 is 4.79 Å². The molecule has 0 aliphatic rings. The van der Waals surface area contributed by atoms with Crippen LogP contribution in [0.5, 0.6) is 0 Å². The smallest absolute Gasteiger partial charge is 0.236 e. The molecule has 1 N–H and O–H groups in total. The van der Waals surface area contributed by atoms with Crippen LogP contribution in [0.2, 0.25) is 0 Å². The van der Waals surface area contributed by atoms with Gasteiger partial charge in [0.1, 0.15) is 5.82 Å². The number of carbonyl (C=O) groups is 1. The van der Waals surface area contributed by atoms with Crippen LogP contribution in [-0.4, -0.2) is 54.4 Å². The highest BCUT2D eigenvalue weighted by molar-refractivity contribution is 5.77. The molecule has 0 aliphatic carbocycles. The van der Waals surface area contributed by atoms with Crippen LogP contribution in [0.15, 0.2) is 18.3 Å². The molecule has 21 heavy (non-hydrogen) atoms. The van der Waals surface area contributed by atoms with Crippen molar-refractivity contribution in [3.8, 4) is 0 Å². The molecule has 0 aromatic carbocycles. The molecule has 0 radical (unpaired) electrons. The zero-order valence-electron chi connectivity index (χ0n) is 13.7. The number of nitrogens with zero attached hydrogens (tertiary/aromatic N) is 3. The Bertz CT molecular complexity index is 417. The number of nitrogens with one attached hydrogen (secondary N) is 1. The van der Waals surface area contributed by atoms with Gasteiger partial charge in [-0.15, -0.1) is 0 Å². The summed E-state index contributed by atoms with van der Waals surface area (Å²) in [5.74, 6) is 1.05. The van der Waals surface area contributed by atoms with Gasteiger partial charge in [-0.05, 0) is 31.0 Å². The van der Waals surface area contributed by atoms with E-state index in [0.717, 1.165) is 43.9 Å². The van der Waals surface area contributed by atoms with Gasteiger partial charge in [-0.2, -0.15) is 0 Å². The van der Waals surface area contributed by atoms with Gasteiger partial charge in [-0.1, -0.05) is 19.9 Å². The van der Waals surface area contributed by atoms with Crippen molar-refractivity contribution in [3.63, 3.8) is 0 Å². The molecule has 5 nitrogen and oxygen atoms in total. The van der Waals surface area contributed by atoms with Crippen LogP contribution in [0.4, 0.5) is 5.82 Å². The number of rotatable bonds is 9. The van der Waals surface area contributed by atoms with E-state index in [1.165, 1.54) is 0 Å². The van der Waals surface area contributed by atoms with Gasteiger partial charge in [0.15, 0.2) is 0 Å². The summed E-state index contributed by atoms with van der Waals surface area (Å²) in [6.45, 7) is 7.32. The van der Waals surface area contributed by atoms with E-state index in [1.54, 1.807) is 19.0 Å². The van der Waals surface area contributed by atoms with Crippen molar-refractivity contribution in [2.75, 3.05) is 39.0 Å². The molecule has 0 spiro atoms. The third-order valence-electron chi connectivity index (χ3n) is 3.18. The largest absolute Gasteiger partial charge is 0.370 e. The Hall–Kier alpha value is -1.62. The Morgan fingerprint density at radius 1 is 1.24 bits per heavy atom. The highest BCUT2D eigenvalue weighted by atomic mass is 16.2. The average Bonchev–Trinajstić information content (AvgIpc) is 2.46. The normalized spacial score (nSPS) is 10.7. The SMILES string of the molecule is CCCNc1ccc(CN(CCC)CC(=O)N(C)C)cn1. The van der Waals surface area contributed by atoms with E-state index in [4.69, 9.17) is 0 Å². The van der Waals surface area contributed by atoms with Gasteiger partial charge in [0.05, 0.1) is 6.54 Å². The molecule has 1 rings (SSSR count). The number of carbonyl (C=O) groups excluding carboxylic acids is 1. The second-order valence-electron chi connectivity index (χ2n) is 5.48. The van der Waals surface area contributed by atoms with Gasteiger partial charge in [0.25, 0.3) is 0 Å². The summed E-state index contributed by atoms with van der Waals surface area (Å²) in [5.41, 5.74) is 1.14. The molecule has 0 unspecified atom stereocenters. The molecular weight excluding hydrogens is 264 g/mol. The first-order valence-electron chi connectivity index (χ1n) is 7.68. The Morgan fingerprint density at radius 2 is 2.00 bits per heavy atom. The Labute approximate surface area is 128 Å². The van der Waals surface area contributed by atoms with Crippen molar-refractivity contribution in [1.29, 1.82) is 0 Å². The molecule has 0 fully saturated rings. The maximum atomic E-state index is 11.8. The van der Waals surface area contributed by atoms with Crippen molar-refractivity contribution >= 4 is 11.7 Å². The molecule has 0 aliphatic heterocycles. The standard InChI is InChI=1S/C16H28N4O/c1-5-9-17-15-8-7-14(11-18-15)12-20(10-6-2)13-16(21)19(3)4/h7-8,11H,5-6,9-10,12-13H2,1-4H3,(H,17,18). The number of amides is 1. The molecular formula is C16H28N4O. The van der Waals surface area contributed by atoms with E-state index >= 15 is 0 Å². The van der Waals surface area contributed by atoms with Gasteiger partial charge in [-0.3, -0.25) is 9.69 Å². The van der Waals surface area contributed by atoms with Gasteiger partial charge in [0.2, 0.25) is 5.91 Å². The summed E-state index contributed by atoms with van der Waals surface area (Å²) in [5, 5.41) is 3.26. The van der Waals surface area contributed by atoms with Gasteiger partial charge in [-0.25, -0.2) is 4.98 Å². The summed E-state index contributed by atoms with van der Waals surface area (Å²) in [6.07, 6.45) is 4.01. The third-order valence-corrected chi connectivity index (χ3v) is 3.18. The molecule has 0 atom stereocenters. The molecule has 1 amide bonds. The van der Waals surface area contributed by atoms with Crippen LogP contribution in [-0.2, 0) is 11.3 Å². The fraction of sp³-hybridized carbons (Fsp3) is 0.625. The first kappa shape index (κ1) is 17.4. The van der Waals surface area contributed by atoms with Crippen LogP contribution in [0.25, 0.3) is 0 Å². The van der Waals surface area contributed by atoms with Gasteiger partial charge >= 0.3 is 0 Å². The minimum absolute atomic E-state index is 0.137. The predicted molar refractivity (Wildman–Crippen MR) is 87.3 cm³/mol. The monoisotopic (exact) mass is 292 g/mol. The van der Waals surface area contributed by atoms with Crippen molar-refractivity contribution in [1.82, 2.24) is 14.8 Å². The molecule has 1 heterocycles. The summed E-state index contributed by atoms with van der Waals surface area (Å²) in [6, 6.07) is 4.08. The molecule has 0 bridgehead atoms. The zero-order chi connectivity index (χ0) is 15.7. The zero-order valence-corrected chi connectivity index (χ0v) is 13.7. The van der Waals surface area contributed by atoms with Crippen LogP contribution >= 0.6 is 0 Å². The quantitative estimate of drug-likeness (QED) is 0.758. The second kappa shape index (κ2) is 9.34. The van der Waals surface area contributed by atoms with E-state index in [9.17, 15) is 4.79 Å². The lowest BCUT2D eigenvalue weighted by Crippen LogP contribution is -2.36. The van der Waals surface area contributed by atoms with E-state index in [-0.39, 0.29) is 5.91 Å². The first-order valence-corrected chi connectivity index (χ1v) is 7.68. The number of hydrogen-bond acceptors (Lipinski definition) is 4. The van der Waals surface area contributed by atoms with Gasteiger partial charge < -0.3 is 10.2 Å². The number of aromatic nitrogens is 1. The second-order valence-corrected chi connectivity index (χ2v) is 5.48. The minimum Gasteiger partial charge on any atom is -0.370 e. The topological polar surface area (TPSA) is 48.5 Å². The predicted octanol–water partition coefficient (Wildman–Crippen LogP) is 2.20. The molecule has 5 heteroatoms. The van der Waals surface area contributed by atoms with Crippen LogP contribution in [0.3, 0.4) is 0 Å². The van der Waals surface area contributed by atoms with Crippen molar-refractivity contribution in [3.05, 3.63) is 23.9 Å². The van der Waals surface area contributed by atoms with E-state index in [1.807, 2.05) is 12.3 Å². The number of pyridine rings is 1. The van der Waals surface area contributed by atoms with Gasteiger partial charge in [0, 0.05) is 33.4 Å². The maximum Gasteiger partial charge on any atom is 0.236 e. The summed E-state index contributed by atoms with van der Waals surface area (Å²) in [4.78, 5) is 20.1. The van der Waals surface area contributed by atoms with E-state index in [0.29, 0.717) is 6.54 Å². The fourth-order valence-corrected chi connectivity index (χ4v) is 2.00. The fourth-order valence-electron chi connectivity index (χ4n) is 2.00. The highest BCUT2D eigenvalue weighted by Crippen LogP contribution is 2.08. The summed E-state index contributed by atoms with van der Waals surface area (Å²) >= 11 is 0. The minimum atomic E-state index is 0.137. The molecule has 1 aromatic heterocycles. The molecule has 118 valence electrons. The molecule has 1 aromatic rings. The Morgan fingerprint density at radius 3 is 2.52 bits per heavy atom. The maximum absolute atomic E-state index is 11.8. The lowest BCUT2D eigenvalue weighted by atomic mass is 10.2. The molecule has 0 saturated heterocycles. The summed E-state index contributed by atoms with van der Waals surface area (Å²) < 4.78 is 0. The number of hydrogen-bond donors (Lipinski definition) is 1. The average molecular weight is 292 g/mol. The Kier molecular flexibility index (Phi) is 7.75. The number of anilines is 1. The van der Waals surface area contributed by atoms with E-state index < -0.39 is 0 Å². The Balaban J connectivity index is 2.59. The summed E-state index contributed by atoms with van der Waals surface area (Å²) in [7, 11) is 3.59. The van der Waals surface area contributed by atoms with E-state index in [2.05, 4.69) is 35.1 Å². The lowest BCUT2D eigenvalue weighted by molar-refractivity contribution is -0.130. The lowest BCUT2D eigenvalue weighted by Gasteiger charge is -2.23. The van der Waals surface area contributed by atoms with Crippen LogP contribution in [0.1, 0.15) is 32.3 Å². The third kappa shape index (κ3) is 6.58. The highest BCUT2D eigenvalue weighted by Gasteiger charge is 2.12. The number of likely N-dealkylation sites (N-methyl/N-ethyl adjacent to an activating group) is 1. The van der Waals surface area contributed by atoms with Crippen LogP contribution < -0.4 is 5.32 Å².